The van der Waals surface area contributed by atoms with Gasteiger partial charge in [-0.1, -0.05) is 30.3 Å². The summed E-state index contributed by atoms with van der Waals surface area (Å²) in [6.45, 7) is 6.73. The van der Waals surface area contributed by atoms with Crippen molar-refractivity contribution in [1.29, 1.82) is 0 Å². The summed E-state index contributed by atoms with van der Waals surface area (Å²) in [7, 11) is 0. The van der Waals surface area contributed by atoms with Crippen LogP contribution in [0.15, 0.2) is 72.3 Å². The fraction of sp³-hybridized carbons (Fsp3) is 0.207. The molecule has 1 aliphatic heterocycles. The molecule has 0 bridgehead atoms. The molecule has 1 heterocycles. The Hall–Kier alpha value is -4.59. The number of amides is 4. The summed E-state index contributed by atoms with van der Waals surface area (Å²) >= 11 is 0. The number of imide groups is 2. The molecule has 8 nitrogen and oxygen atoms in total. The average molecular weight is 501 g/mol. The van der Waals surface area contributed by atoms with E-state index in [-0.39, 0.29) is 5.57 Å². The quantitative estimate of drug-likeness (QED) is 0.257. The Morgan fingerprint density at radius 3 is 2.27 bits per heavy atom. The summed E-state index contributed by atoms with van der Waals surface area (Å²) in [4.78, 5) is 39.1. The second-order valence-electron chi connectivity index (χ2n) is 8.45. The van der Waals surface area contributed by atoms with Gasteiger partial charge < -0.3 is 14.2 Å². The largest absolute Gasteiger partial charge is 0.490 e. The molecule has 0 aromatic heterocycles. The van der Waals surface area contributed by atoms with Crippen molar-refractivity contribution < 1.29 is 28.6 Å². The average Bonchev–Trinajstić information content (AvgIpc) is 2.85. The number of nitrogens with one attached hydrogen (secondary N) is 1. The van der Waals surface area contributed by atoms with Gasteiger partial charge in [-0.3, -0.25) is 14.9 Å². The van der Waals surface area contributed by atoms with Crippen LogP contribution in [0.1, 0.15) is 23.6 Å². The van der Waals surface area contributed by atoms with E-state index >= 15 is 0 Å². The minimum Gasteiger partial charge on any atom is -0.490 e. The lowest BCUT2D eigenvalue weighted by Crippen LogP contribution is -2.54. The van der Waals surface area contributed by atoms with E-state index in [4.69, 9.17) is 14.2 Å². The van der Waals surface area contributed by atoms with Crippen LogP contribution in [-0.4, -0.2) is 37.7 Å². The fourth-order valence-electron chi connectivity index (χ4n) is 3.84. The molecule has 1 fully saturated rings. The number of aryl methyl sites for hydroxylation is 2. The van der Waals surface area contributed by atoms with Crippen molar-refractivity contribution in [1.82, 2.24) is 5.32 Å². The van der Waals surface area contributed by atoms with Gasteiger partial charge >= 0.3 is 6.03 Å². The number of anilines is 1. The molecule has 0 aliphatic carbocycles. The molecule has 4 rings (SSSR count). The Morgan fingerprint density at radius 2 is 1.54 bits per heavy atom. The van der Waals surface area contributed by atoms with Crippen LogP contribution >= 0.6 is 0 Å². The number of benzene rings is 3. The molecule has 0 saturated carbocycles. The molecule has 0 spiro atoms. The zero-order valence-corrected chi connectivity index (χ0v) is 20.9. The van der Waals surface area contributed by atoms with Crippen LogP contribution in [0.2, 0.25) is 0 Å². The maximum Gasteiger partial charge on any atom is 0.335 e. The number of hydrogen-bond acceptors (Lipinski definition) is 6. The van der Waals surface area contributed by atoms with Crippen LogP contribution in [-0.2, 0) is 9.59 Å². The van der Waals surface area contributed by atoms with Gasteiger partial charge in [-0.25, -0.2) is 9.69 Å². The highest BCUT2D eigenvalue weighted by Crippen LogP contribution is 2.30. The molecule has 190 valence electrons. The van der Waals surface area contributed by atoms with E-state index in [2.05, 4.69) is 5.32 Å². The maximum absolute atomic E-state index is 13.2. The number of carbonyl (C=O) groups is 3. The first kappa shape index (κ1) is 25.5. The molecule has 3 aromatic carbocycles. The Balaban J connectivity index is 1.51. The number of barbiturate groups is 1. The highest BCUT2D eigenvalue weighted by molar-refractivity contribution is 6.39. The van der Waals surface area contributed by atoms with Gasteiger partial charge in [-0.05, 0) is 79.9 Å². The number of ether oxygens (including phenoxy) is 3. The van der Waals surface area contributed by atoms with Gasteiger partial charge in [0.2, 0.25) is 0 Å². The second-order valence-corrected chi connectivity index (χ2v) is 8.45. The van der Waals surface area contributed by atoms with E-state index in [1.807, 2.05) is 51.1 Å². The summed E-state index contributed by atoms with van der Waals surface area (Å²) in [5, 5.41) is 2.24. The molecule has 3 aromatic rings. The Kier molecular flexibility index (Phi) is 7.88. The van der Waals surface area contributed by atoms with E-state index in [1.54, 1.807) is 36.4 Å². The van der Waals surface area contributed by atoms with Crippen LogP contribution in [0, 0.1) is 13.8 Å². The molecule has 1 saturated heterocycles. The lowest BCUT2D eigenvalue weighted by atomic mass is 10.1. The van der Waals surface area contributed by atoms with Crippen molar-refractivity contribution in [2.24, 2.45) is 0 Å². The lowest BCUT2D eigenvalue weighted by molar-refractivity contribution is -0.122. The van der Waals surface area contributed by atoms with E-state index in [0.29, 0.717) is 42.6 Å². The molecular weight excluding hydrogens is 472 g/mol. The van der Waals surface area contributed by atoms with Crippen LogP contribution in [0.4, 0.5) is 10.5 Å². The first-order valence-corrected chi connectivity index (χ1v) is 11.9. The van der Waals surface area contributed by atoms with Crippen LogP contribution in [0.3, 0.4) is 0 Å². The van der Waals surface area contributed by atoms with E-state index < -0.39 is 17.8 Å². The summed E-state index contributed by atoms with van der Waals surface area (Å²) in [6, 6.07) is 19.0. The minimum atomic E-state index is -0.788. The third-order valence-corrected chi connectivity index (χ3v) is 5.54. The summed E-state index contributed by atoms with van der Waals surface area (Å²) in [5.41, 5.74) is 2.75. The van der Waals surface area contributed by atoms with Gasteiger partial charge in [0.1, 0.15) is 24.5 Å². The number of hydrogen-bond donors (Lipinski definition) is 1. The summed E-state index contributed by atoms with van der Waals surface area (Å²) < 4.78 is 17.3. The first-order chi connectivity index (χ1) is 17.9. The second kappa shape index (κ2) is 11.4. The molecule has 0 atom stereocenters. The first-order valence-electron chi connectivity index (χ1n) is 11.9. The van der Waals surface area contributed by atoms with Gasteiger partial charge in [0.05, 0.1) is 12.3 Å². The van der Waals surface area contributed by atoms with Crippen LogP contribution in [0.25, 0.3) is 6.08 Å². The predicted molar refractivity (Wildman–Crippen MR) is 140 cm³/mol. The van der Waals surface area contributed by atoms with E-state index in [0.717, 1.165) is 21.8 Å². The monoisotopic (exact) mass is 500 g/mol. The van der Waals surface area contributed by atoms with E-state index in [9.17, 15) is 14.4 Å². The van der Waals surface area contributed by atoms with Crippen LogP contribution in [0.5, 0.6) is 17.2 Å². The zero-order chi connectivity index (χ0) is 26.4. The van der Waals surface area contributed by atoms with Crippen molar-refractivity contribution in [3.8, 4) is 17.2 Å². The standard InChI is InChI=1S/C29H28N2O6/c1-4-35-26-18-21(11-12-25(26)37-14-13-36-23-10-6-8-20(3)16-23)17-24-27(32)30-29(34)31(28(24)33)22-9-5-7-19(2)15-22/h5-12,15-18H,4,13-14H2,1-3H3,(H,30,32,34). The van der Waals surface area contributed by atoms with Crippen molar-refractivity contribution in [2.45, 2.75) is 20.8 Å². The number of carbonyl (C=O) groups excluding carboxylic acids is 3. The maximum atomic E-state index is 13.2. The van der Waals surface area contributed by atoms with Gasteiger partial charge in [-0.2, -0.15) is 0 Å². The molecule has 1 aliphatic rings. The van der Waals surface area contributed by atoms with Crippen LogP contribution < -0.4 is 24.4 Å². The molecule has 0 unspecified atom stereocenters. The zero-order valence-electron chi connectivity index (χ0n) is 20.9. The predicted octanol–water partition coefficient (Wildman–Crippen LogP) is 4.83. The molecule has 8 heteroatoms. The minimum absolute atomic E-state index is 0.163. The number of urea groups is 1. The third-order valence-electron chi connectivity index (χ3n) is 5.54. The molecule has 4 amide bonds. The highest BCUT2D eigenvalue weighted by atomic mass is 16.5. The van der Waals surface area contributed by atoms with Gasteiger partial charge in [0.25, 0.3) is 11.8 Å². The van der Waals surface area contributed by atoms with Crippen molar-refractivity contribution in [2.75, 3.05) is 24.7 Å². The topological polar surface area (TPSA) is 94.2 Å². The SMILES string of the molecule is CCOc1cc(C=C2C(=O)NC(=O)N(c3cccc(C)c3)C2=O)ccc1OCCOc1cccc(C)c1. The molecule has 1 N–H and O–H groups in total. The smallest absolute Gasteiger partial charge is 0.335 e. The van der Waals surface area contributed by atoms with E-state index in [1.165, 1.54) is 6.08 Å². The summed E-state index contributed by atoms with van der Waals surface area (Å²) in [6.07, 6.45) is 1.43. The Labute approximate surface area is 215 Å². The number of rotatable bonds is 9. The summed E-state index contributed by atoms with van der Waals surface area (Å²) in [5.74, 6) is 0.274. The normalized spacial score (nSPS) is 14.5. The molecular formula is C29H28N2O6. The van der Waals surface area contributed by atoms with Crippen molar-refractivity contribution >= 4 is 29.6 Å². The van der Waals surface area contributed by atoms with Crippen molar-refractivity contribution in [3.63, 3.8) is 0 Å². The highest BCUT2D eigenvalue weighted by Gasteiger charge is 2.36. The lowest BCUT2D eigenvalue weighted by Gasteiger charge is -2.26. The number of nitrogens with zero attached hydrogens (tertiary/aromatic N) is 1. The van der Waals surface area contributed by atoms with Gasteiger partial charge in [0.15, 0.2) is 11.5 Å². The van der Waals surface area contributed by atoms with Crippen molar-refractivity contribution in [3.05, 3.63) is 89.0 Å². The Bertz CT molecular complexity index is 1360. The molecule has 0 radical (unpaired) electrons. The Morgan fingerprint density at radius 1 is 0.811 bits per heavy atom. The van der Waals surface area contributed by atoms with Gasteiger partial charge in [-0.15, -0.1) is 0 Å². The van der Waals surface area contributed by atoms with Gasteiger partial charge in [0, 0.05) is 0 Å². The fourth-order valence-corrected chi connectivity index (χ4v) is 3.84. The third kappa shape index (κ3) is 6.16. The molecule has 37 heavy (non-hydrogen) atoms.